The molecule has 0 aromatic heterocycles. The van der Waals surface area contributed by atoms with Crippen LogP contribution in [0.2, 0.25) is 0 Å². The fourth-order valence-corrected chi connectivity index (χ4v) is 3.47. The van der Waals surface area contributed by atoms with Gasteiger partial charge in [0.15, 0.2) is 0 Å². The Bertz CT molecular complexity index is 1040. The molecule has 11 heteroatoms. The maximum Gasteiger partial charge on any atom is 0.339 e. The zero-order valence-corrected chi connectivity index (χ0v) is 16.4. The highest BCUT2D eigenvalue weighted by atomic mass is 32.2. The van der Waals surface area contributed by atoms with Gasteiger partial charge in [-0.05, 0) is 30.3 Å². The first-order valence-corrected chi connectivity index (χ1v) is 9.37. The molecule has 0 aliphatic rings. The normalized spacial score (nSPS) is 10.7. The van der Waals surface area contributed by atoms with Crippen LogP contribution in [-0.2, 0) is 24.2 Å². The molecule has 29 heavy (non-hydrogen) atoms. The summed E-state index contributed by atoms with van der Waals surface area (Å²) in [7, 11) is -1.12. The standard InChI is InChI=1S/C18H17NO9S/c1-26-16(21)10-6-11(17(22)27-2)8-13(7-10)29(24,25)19-15-9-12(20)4-5-14(15)18(23)28-3/h4-9,19-20H,1-3H3. The summed E-state index contributed by atoms with van der Waals surface area (Å²) in [6.45, 7) is 0. The van der Waals surface area contributed by atoms with Crippen molar-refractivity contribution in [2.45, 2.75) is 4.90 Å². The number of anilines is 1. The van der Waals surface area contributed by atoms with E-state index >= 15 is 0 Å². The molecule has 0 saturated heterocycles. The van der Waals surface area contributed by atoms with Crippen LogP contribution in [0.15, 0.2) is 41.3 Å². The van der Waals surface area contributed by atoms with Gasteiger partial charge in [-0.15, -0.1) is 0 Å². The number of aromatic hydroxyl groups is 1. The van der Waals surface area contributed by atoms with Crippen LogP contribution in [0.1, 0.15) is 31.1 Å². The van der Waals surface area contributed by atoms with Gasteiger partial charge in [0, 0.05) is 6.07 Å². The highest BCUT2D eigenvalue weighted by Gasteiger charge is 2.23. The Morgan fingerprint density at radius 3 is 1.83 bits per heavy atom. The minimum Gasteiger partial charge on any atom is -0.508 e. The fourth-order valence-electron chi connectivity index (χ4n) is 2.33. The number of benzene rings is 2. The van der Waals surface area contributed by atoms with Crippen molar-refractivity contribution in [2.75, 3.05) is 26.1 Å². The number of hydrogen-bond donors (Lipinski definition) is 2. The quantitative estimate of drug-likeness (QED) is 0.522. The molecule has 2 aromatic rings. The second-order valence-electron chi connectivity index (χ2n) is 5.56. The van der Waals surface area contributed by atoms with E-state index in [9.17, 15) is 27.9 Å². The largest absolute Gasteiger partial charge is 0.508 e. The van der Waals surface area contributed by atoms with Crippen LogP contribution >= 0.6 is 0 Å². The molecule has 2 rings (SSSR count). The molecule has 0 amide bonds. The summed E-state index contributed by atoms with van der Waals surface area (Å²) in [6.07, 6.45) is 0. The Morgan fingerprint density at radius 1 is 0.828 bits per heavy atom. The Hall–Kier alpha value is -3.60. The van der Waals surface area contributed by atoms with Gasteiger partial charge in [0.25, 0.3) is 10.0 Å². The van der Waals surface area contributed by atoms with Crippen molar-refractivity contribution >= 4 is 33.6 Å². The average Bonchev–Trinajstić information content (AvgIpc) is 2.71. The third kappa shape index (κ3) is 4.82. The molecule has 0 unspecified atom stereocenters. The second kappa shape index (κ2) is 8.61. The van der Waals surface area contributed by atoms with Crippen molar-refractivity contribution in [1.29, 1.82) is 0 Å². The molecule has 0 bridgehead atoms. The minimum atomic E-state index is -4.41. The van der Waals surface area contributed by atoms with Crippen LogP contribution in [0.25, 0.3) is 0 Å². The number of nitrogens with one attached hydrogen (secondary N) is 1. The highest BCUT2D eigenvalue weighted by Crippen LogP contribution is 2.26. The van der Waals surface area contributed by atoms with Gasteiger partial charge in [-0.25, -0.2) is 22.8 Å². The molecule has 0 aliphatic heterocycles. The number of methoxy groups -OCH3 is 3. The Morgan fingerprint density at radius 2 is 1.34 bits per heavy atom. The predicted molar refractivity (Wildman–Crippen MR) is 99.4 cm³/mol. The summed E-state index contributed by atoms with van der Waals surface area (Å²) in [5.41, 5.74) is -0.842. The van der Waals surface area contributed by atoms with Gasteiger partial charge in [-0.1, -0.05) is 0 Å². The van der Waals surface area contributed by atoms with Gasteiger partial charge >= 0.3 is 17.9 Å². The van der Waals surface area contributed by atoms with Crippen LogP contribution in [0.5, 0.6) is 5.75 Å². The third-order valence-corrected chi connectivity index (χ3v) is 5.06. The number of rotatable bonds is 6. The van der Waals surface area contributed by atoms with Crippen molar-refractivity contribution in [3.8, 4) is 5.75 Å². The van der Waals surface area contributed by atoms with E-state index in [2.05, 4.69) is 18.9 Å². The number of esters is 3. The first-order valence-electron chi connectivity index (χ1n) is 7.88. The lowest BCUT2D eigenvalue weighted by atomic mass is 10.1. The van der Waals surface area contributed by atoms with Crippen molar-refractivity contribution in [3.05, 3.63) is 53.1 Å². The lowest BCUT2D eigenvalue weighted by Crippen LogP contribution is -2.18. The fraction of sp³-hybridized carbons (Fsp3) is 0.167. The van der Waals surface area contributed by atoms with Gasteiger partial charge in [0.05, 0.1) is 48.6 Å². The zero-order valence-electron chi connectivity index (χ0n) is 15.6. The maximum atomic E-state index is 12.9. The molecule has 0 fully saturated rings. The summed E-state index contributed by atoms with van der Waals surface area (Å²) in [6, 6.07) is 6.45. The van der Waals surface area contributed by atoms with Gasteiger partial charge in [0.1, 0.15) is 5.75 Å². The summed E-state index contributed by atoms with van der Waals surface area (Å²) >= 11 is 0. The Balaban J connectivity index is 2.59. The number of ether oxygens (including phenoxy) is 3. The monoisotopic (exact) mass is 423 g/mol. The molecule has 0 spiro atoms. The number of hydrogen-bond acceptors (Lipinski definition) is 9. The lowest BCUT2D eigenvalue weighted by molar-refractivity contribution is 0.0587. The Kier molecular flexibility index (Phi) is 6.44. The molecular formula is C18H17NO9S. The van der Waals surface area contributed by atoms with E-state index in [1.165, 1.54) is 12.1 Å². The topological polar surface area (TPSA) is 145 Å². The van der Waals surface area contributed by atoms with Crippen molar-refractivity contribution < 1.29 is 42.1 Å². The summed E-state index contributed by atoms with van der Waals surface area (Å²) in [5.74, 6) is -2.91. The highest BCUT2D eigenvalue weighted by molar-refractivity contribution is 7.92. The van der Waals surface area contributed by atoms with E-state index in [0.717, 1.165) is 45.6 Å². The number of carbonyl (C=O) groups is 3. The lowest BCUT2D eigenvalue weighted by Gasteiger charge is -2.13. The molecule has 0 saturated carbocycles. The maximum absolute atomic E-state index is 12.9. The van der Waals surface area contributed by atoms with Gasteiger partial charge in [-0.2, -0.15) is 0 Å². The first kappa shape index (κ1) is 21.7. The van der Waals surface area contributed by atoms with E-state index in [1.54, 1.807) is 0 Å². The van der Waals surface area contributed by atoms with E-state index < -0.39 is 32.8 Å². The smallest absolute Gasteiger partial charge is 0.339 e. The zero-order chi connectivity index (χ0) is 21.8. The van der Waals surface area contributed by atoms with Crippen LogP contribution < -0.4 is 4.72 Å². The van der Waals surface area contributed by atoms with Crippen LogP contribution in [-0.4, -0.2) is 52.8 Å². The first-order chi connectivity index (χ1) is 13.6. The Labute approximate surface area is 166 Å². The summed E-state index contributed by atoms with van der Waals surface area (Å²) in [5, 5.41) is 9.65. The van der Waals surface area contributed by atoms with Crippen molar-refractivity contribution in [2.24, 2.45) is 0 Å². The van der Waals surface area contributed by atoms with Crippen LogP contribution in [0, 0.1) is 0 Å². The van der Waals surface area contributed by atoms with Gasteiger partial charge < -0.3 is 19.3 Å². The molecule has 0 aliphatic carbocycles. The van der Waals surface area contributed by atoms with E-state index in [1.807, 2.05) is 0 Å². The number of sulfonamides is 1. The molecule has 0 radical (unpaired) electrons. The van der Waals surface area contributed by atoms with Crippen molar-refractivity contribution in [1.82, 2.24) is 0 Å². The van der Waals surface area contributed by atoms with Crippen molar-refractivity contribution in [3.63, 3.8) is 0 Å². The average molecular weight is 423 g/mol. The van der Waals surface area contributed by atoms with E-state index in [4.69, 9.17) is 0 Å². The van der Waals surface area contributed by atoms with E-state index in [-0.39, 0.29) is 28.1 Å². The summed E-state index contributed by atoms with van der Waals surface area (Å²) < 4.78 is 41.6. The van der Waals surface area contributed by atoms with Crippen LogP contribution in [0.3, 0.4) is 0 Å². The molecule has 154 valence electrons. The number of carbonyl (C=O) groups excluding carboxylic acids is 3. The predicted octanol–water partition coefficient (Wildman–Crippen LogP) is 1.55. The molecule has 0 heterocycles. The van der Waals surface area contributed by atoms with E-state index in [0.29, 0.717) is 0 Å². The van der Waals surface area contributed by atoms with Crippen LogP contribution in [0.4, 0.5) is 5.69 Å². The third-order valence-electron chi connectivity index (χ3n) is 3.71. The molecule has 10 nitrogen and oxygen atoms in total. The van der Waals surface area contributed by atoms with Gasteiger partial charge in [-0.3, -0.25) is 4.72 Å². The molecular weight excluding hydrogens is 406 g/mol. The second-order valence-corrected chi connectivity index (χ2v) is 7.24. The van der Waals surface area contributed by atoms with Gasteiger partial charge in [0.2, 0.25) is 0 Å². The molecule has 2 N–H and O–H groups in total. The molecule has 2 aromatic carbocycles. The summed E-state index contributed by atoms with van der Waals surface area (Å²) in [4.78, 5) is 35.1. The SMILES string of the molecule is COC(=O)c1cc(C(=O)OC)cc(S(=O)(=O)Nc2cc(O)ccc2C(=O)OC)c1. The molecule has 0 atom stereocenters. The minimum absolute atomic E-state index is 0.161. The number of phenols is 1. The number of phenolic OH excluding ortho intramolecular Hbond substituents is 1.